The van der Waals surface area contributed by atoms with Crippen molar-refractivity contribution >= 4 is 34.5 Å². The second-order valence-corrected chi connectivity index (χ2v) is 5.04. The number of aromatic nitrogens is 2. The van der Waals surface area contributed by atoms with Gasteiger partial charge in [-0.15, -0.1) is 0 Å². The zero-order chi connectivity index (χ0) is 13.7. The van der Waals surface area contributed by atoms with Gasteiger partial charge >= 0.3 is 5.97 Å². The van der Waals surface area contributed by atoms with E-state index in [1.807, 2.05) is 30.5 Å². The summed E-state index contributed by atoms with van der Waals surface area (Å²) in [6.45, 7) is 0. The fourth-order valence-corrected chi connectivity index (χ4v) is 2.25. The Morgan fingerprint density at radius 2 is 2.21 bits per heavy atom. The van der Waals surface area contributed by atoms with Crippen LogP contribution >= 0.6 is 11.8 Å². The molecular formula is C13H15N3O2S. The van der Waals surface area contributed by atoms with Gasteiger partial charge in [-0.2, -0.15) is 11.8 Å². The number of rotatable bonds is 6. The van der Waals surface area contributed by atoms with Gasteiger partial charge in [0, 0.05) is 5.39 Å². The largest absolute Gasteiger partial charge is 0.480 e. The van der Waals surface area contributed by atoms with Crippen LogP contribution in [0.2, 0.25) is 0 Å². The Balaban J connectivity index is 2.26. The molecule has 0 saturated carbocycles. The van der Waals surface area contributed by atoms with Crippen LogP contribution in [0, 0.1) is 0 Å². The van der Waals surface area contributed by atoms with E-state index >= 15 is 0 Å². The van der Waals surface area contributed by atoms with Crippen molar-refractivity contribution in [3.8, 4) is 0 Å². The monoisotopic (exact) mass is 277 g/mol. The fourth-order valence-electron chi connectivity index (χ4n) is 1.78. The Hall–Kier alpha value is -1.82. The lowest BCUT2D eigenvalue weighted by atomic mass is 10.2. The summed E-state index contributed by atoms with van der Waals surface area (Å²) in [5, 5.41) is 13.0. The molecule has 0 spiro atoms. The number of aliphatic carboxylic acids is 1. The predicted molar refractivity (Wildman–Crippen MR) is 77.6 cm³/mol. The zero-order valence-electron chi connectivity index (χ0n) is 10.5. The van der Waals surface area contributed by atoms with E-state index in [-0.39, 0.29) is 0 Å². The second kappa shape index (κ2) is 6.38. The molecule has 6 heteroatoms. The van der Waals surface area contributed by atoms with Crippen LogP contribution in [0.1, 0.15) is 6.42 Å². The maximum Gasteiger partial charge on any atom is 0.326 e. The number of benzene rings is 1. The first kappa shape index (κ1) is 13.6. The SMILES string of the molecule is CSCC[C@@H](Nc1ncnc2ccccc12)C(=O)O. The van der Waals surface area contributed by atoms with Crippen LogP contribution in [0.3, 0.4) is 0 Å². The molecule has 2 aromatic rings. The molecule has 19 heavy (non-hydrogen) atoms. The zero-order valence-corrected chi connectivity index (χ0v) is 11.4. The van der Waals surface area contributed by atoms with Gasteiger partial charge < -0.3 is 10.4 Å². The molecule has 0 aliphatic heterocycles. The minimum Gasteiger partial charge on any atom is -0.480 e. The van der Waals surface area contributed by atoms with Gasteiger partial charge in [-0.1, -0.05) is 12.1 Å². The summed E-state index contributed by atoms with van der Waals surface area (Å²) >= 11 is 1.63. The second-order valence-electron chi connectivity index (χ2n) is 4.06. The number of thioether (sulfide) groups is 1. The smallest absolute Gasteiger partial charge is 0.326 e. The lowest BCUT2D eigenvalue weighted by Crippen LogP contribution is -2.30. The molecule has 0 amide bonds. The van der Waals surface area contributed by atoms with Crippen molar-refractivity contribution in [1.29, 1.82) is 0 Å². The van der Waals surface area contributed by atoms with Gasteiger partial charge in [0.25, 0.3) is 0 Å². The number of carbonyl (C=O) groups is 1. The highest BCUT2D eigenvalue weighted by atomic mass is 32.2. The molecule has 1 aromatic carbocycles. The van der Waals surface area contributed by atoms with E-state index in [9.17, 15) is 9.90 Å². The third-order valence-corrected chi connectivity index (χ3v) is 3.41. The number of fused-ring (bicyclic) bond motifs is 1. The molecule has 5 nitrogen and oxygen atoms in total. The molecule has 0 fully saturated rings. The molecular weight excluding hydrogens is 262 g/mol. The molecule has 100 valence electrons. The Labute approximate surface area is 115 Å². The van der Waals surface area contributed by atoms with E-state index in [2.05, 4.69) is 15.3 Å². The van der Waals surface area contributed by atoms with Crippen molar-refractivity contribution < 1.29 is 9.90 Å². The van der Waals surface area contributed by atoms with Gasteiger partial charge in [0.1, 0.15) is 18.2 Å². The minimum atomic E-state index is -0.864. The summed E-state index contributed by atoms with van der Waals surface area (Å²) < 4.78 is 0. The van der Waals surface area contributed by atoms with Crippen LogP contribution in [0.25, 0.3) is 10.9 Å². The van der Waals surface area contributed by atoms with Crippen LogP contribution < -0.4 is 5.32 Å². The van der Waals surface area contributed by atoms with Crippen molar-refractivity contribution in [3.63, 3.8) is 0 Å². The van der Waals surface area contributed by atoms with Crippen LogP contribution in [-0.4, -0.2) is 39.1 Å². The number of hydrogen-bond donors (Lipinski definition) is 2. The maximum absolute atomic E-state index is 11.2. The number of anilines is 1. The Bertz CT molecular complexity index is 571. The maximum atomic E-state index is 11.2. The lowest BCUT2D eigenvalue weighted by molar-refractivity contribution is -0.137. The molecule has 0 aliphatic rings. The quantitative estimate of drug-likeness (QED) is 0.843. The van der Waals surface area contributed by atoms with Gasteiger partial charge in [0.2, 0.25) is 0 Å². The van der Waals surface area contributed by atoms with E-state index in [1.165, 1.54) is 6.33 Å². The molecule has 0 radical (unpaired) electrons. The van der Waals surface area contributed by atoms with Gasteiger partial charge in [-0.05, 0) is 30.6 Å². The fraction of sp³-hybridized carbons (Fsp3) is 0.308. The standard InChI is InChI=1S/C13H15N3O2S/c1-19-7-6-11(13(17)18)16-12-9-4-2-3-5-10(9)14-8-15-12/h2-5,8,11H,6-7H2,1H3,(H,17,18)(H,14,15,16)/t11-/m1/s1. The highest BCUT2D eigenvalue weighted by Crippen LogP contribution is 2.20. The first-order chi connectivity index (χ1) is 9.22. The summed E-state index contributed by atoms with van der Waals surface area (Å²) in [4.78, 5) is 19.5. The first-order valence-electron chi connectivity index (χ1n) is 5.90. The summed E-state index contributed by atoms with van der Waals surface area (Å²) in [6.07, 6.45) is 3.95. The van der Waals surface area contributed by atoms with E-state index in [4.69, 9.17) is 0 Å². The summed E-state index contributed by atoms with van der Waals surface area (Å²) in [7, 11) is 0. The van der Waals surface area contributed by atoms with Gasteiger partial charge in [-0.3, -0.25) is 0 Å². The summed E-state index contributed by atoms with van der Waals surface area (Å²) in [6, 6.07) is 6.90. The third-order valence-electron chi connectivity index (χ3n) is 2.76. The Morgan fingerprint density at radius 3 is 2.95 bits per heavy atom. The summed E-state index contributed by atoms with van der Waals surface area (Å²) in [5.41, 5.74) is 0.800. The van der Waals surface area contributed by atoms with Gasteiger partial charge in [-0.25, -0.2) is 14.8 Å². The molecule has 2 rings (SSSR count). The van der Waals surface area contributed by atoms with Gasteiger partial charge in [0.05, 0.1) is 5.52 Å². The molecule has 1 heterocycles. The van der Waals surface area contributed by atoms with E-state index in [0.717, 1.165) is 16.7 Å². The van der Waals surface area contributed by atoms with Crippen molar-refractivity contribution in [2.75, 3.05) is 17.3 Å². The number of carboxylic acids is 1. The molecule has 0 bridgehead atoms. The molecule has 0 unspecified atom stereocenters. The topological polar surface area (TPSA) is 75.1 Å². The van der Waals surface area contributed by atoms with Crippen LogP contribution in [0.15, 0.2) is 30.6 Å². The highest BCUT2D eigenvalue weighted by molar-refractivity contribution is 7.98. The molecule has 0 saturated heterocycles. The highest BCUT2D eigenvalue weighted by Gasteiger charge is 2.18. The first-order valence-corrected chi connectivity index (χ1v) is 7.30. The molecule has 0 aliphatic carbocycles. The van der Waals surface area contributed by atoms with Crippen molar-refractivity contribution in [3.05, 3.63) is 30.6 Å². The number of carboxylic acid groups (broad SMARTS) is 1. The number of nitrogens with one attached hydrogen (secondary N) is 1. The molecule has 1 aromatic heterocycles. The number of para-hydroxylation sites is 1. The van der Waals surface area contributed by atoms with E-state index in [0.29, 0.717) is 12.2 Å². The molecule has 1 atom stereocenters. The van der Waals surface area contributed by atoms with E-state index < -0.39 is 12.0 Å². The van der Waals surface area contributed by atoms with E-state index in [1.54, 1.807) is 11.8 Å². The van der Waals surface area contributed by atoms with Crippen LogP contribution in [0.4, 0.5) is 5.82 Å². The number of nitrogens with zero attached hydrogens (tertiary/aromatic N) is 2. The minimum absolute atomic E-state index is 0.550. The Morgan fingerprint density at radius 1 is 1.42 bits per heavy atom. The van der Waals surface area contributed by atoms with Crippen LogP contribution in [-0.2, 0) is 4.79 Å². The molecule has 2 N–H and O–H groups in total. The number of hydrogen-bond acceptors (Lipinski definition) is 5. The third kappa shape index (κ3) is 3.35. The lowest BCUT2D eigenvalue weighted by Gasteiger charge is -2.15. The average molecular weight is 277 g/mol. The average Bonchev–Trinajstić information content (AvgIpc) is 2.43. The van der Waals surface area contributed by atoms with Gasteiger partial charge in [0.15, 0.2) is 0 Å². The summed E-state index contributed by atoms with van der Waals surface area (Å²) in [5.74, 6) is 0.489. The van der Waals surface area contributed by atoms with Crippen molar-refractivity contribution in [1.82, 2.24) is 9.97 Å². The Kier molecular flexibility index (Phi) is 4.57. The van der Waals surface area contributed by atoms with Crippen molar-refractivity contribution in [2.45, 2.75) is 12.5 Å². The van der Waals surface area contributed by atoms with Crippen molar-refractivity contribution in [2.24, 2.45) is 0 Å². The normalized spacial score (nSPS) is 12.3. The van der Waals surface area contributed by atoms with Crippen LogP contribution in [0.5, 0.6) is 0 Å². The predicted octanol–water partition coefficient (Wildman–Crippen LogP) is 2.25.